The maximum Gasteiger partial charge on any atom is 0.274 e. The van der Waals surface area contributed by atoms with E-state index in [9.17, 15) is 9.59 Å². The van der Waals surface area contributed by atoms with E-state index in [-0.39, 0.29) is 24.1 Å². The van der Waals surface area contributed by atoms with Gasteiger partial charge in [0.2, 0.25) is 6.79 Å². The maximum absolute atomic E-state index is 12.5. The second-order valence-corrected chi connectivity index (χ2v) is 6.25. The van der Waals surface area contributed by atoms with Gasteiger partial charge < -0.3 is 20.1 Å². The zero-order chi connectivity index (χ0) is 19.5. The quantitative estimate of drug-likeness (QED) is 0.727. The number of aromatic nitrogens is 1. The molecule has 0 spiro atoms. The standard InChI is InChI=1S/C21H17N3O4/c1-13-5-7-14(8-6-13)22-20(25)16-3-2-4-17(24-16)21(26)23-15-9-10-18-19(11-15)28-12-27-18/h2-11H,12H2,1H3,(H,22,25)(H,23,26). The molecular formula is C21H17N3O4. The summed E-state index contributed by atoms with van der Waals surface area (Å²) in [4.78, 5) is 29.1. The van der Waals surface area contributed by atoms with E-state index in [1.807, 2.05) is 31.2 Å². The third kappa shape index (κ3) is 3.78. The van der Waals surface area contributed by atoms with Gasteiger partial charge in [-0.05, 0) is 43.3 Å². The number of anilines is 2. The summed E-state index contributed by atoms with van der Waals surface area (Å²) in [6, 6.07) is 17.2. The highest BCUT2D eigenvalue weighted by molar-refractivity contribution is 6.06. The van der Waals surface area contributed by atoms with E-state index in [2.05, 4.69) is 15.6 Å². The smallest absolute Gasteiger partial charge is 0.274 e. The van der Waals surface area contributed by atoms with E-state index < -0.39 is 5.91 Å². The fourth-order valence-electron chi connectivity index (χ4n) is 2.69. The highest BCUT2D eigenvalue weighted by Gasteiger charge is 2.16. The average molecular weight is 375 g/mol. The maximum atomic E-state index is 12.5. The van der Waals surface area contributed by atoms with Gasteiger partial charge in [-0.2, -0.15) is 0 Å². The van der Waals surface area contributed by atoms with E-state index in [1.54, 1.807) is 36.4 Å². The third-order valence-corrected chi connectivity index (χ3v) is 4.15. The molecule has 0 radical (unpaired) electrons. The van der Waals surface area contributed by atoms with Crippen LogP contribution >= 0.6 is 0 Å². The van der Waals surface area contributed by atoms with E-state index in [4.69, 9.17) is 9.47 Å². The second kappa shape index (κ2) is 7.40. The fraction of sp³-hybridized carbons (Fsp3) is 0.0952. The van der Waals surface area contributed by atoms with Gasteiger partial charge in [0.1, 0.15) is 11.4 Å². The van der Waals surface area contributed by atoms with Crippen molar-refractivity contribution in [3.8, 4) is 11.5 Å². The molecule has 7 nitrogen and oxygen atoms in total. The van der Waals surface area contributed by atoms with Crippen LogP contribution in [0.25, 0.3) is 0 Å². The largest absolute Gasteiger partial charge is 0.454 e. The molecule has 3 aromatic rings. The first-order valence-corrected chi connectivity index (χ1v) is 8.64. The molecule has 0 fully saturated rings. The number of carbonyl (C=O) groups is 2. The Hall–Kier alpha value is -3.87. The van der Waals surface area contributed by atoms with Crippen molar-refractivity contribution in [2.24, 2.45) is 0 Å². The number of carbonyl (C=O) groups excluding carboxylic acids is 2. The molecule has 0 bridgehead atoms. The summed E-state index contributed by atoms with van der Waals surface area (Å²) < 4.78 is 10.5. The van der Waals surface area contributed by atoms with Crippen molar-refractivity contribution in [2.75, 3.05) is 17.4 Å². The Balaban J connectivity index is 1.47. The molecule has 28 heavy (non-hydrogen) atoms. The summed E-state index contributed by atoms with van der Waals surface area (Å²) in [5.74, 6) is 0.383. The Bertz CT molecular complexity index is 1050. The summed E-state index contributed by atoms with van der Waals surface area (Å²) in [7, 11) is 0. The first kappa shape index (κ1) is 17.5. The van der Waals surface area contributed by atoms with Gasteiger partial charge in [0.15, 0.2) is 11.5 Å². The van der Waals surface area contributed by atoms with E-state index in [1.165, 1.54) is 0 Å². The van der Waals surface area contributed by atoms with Crippen LogP contribution in [-0.4, -0.2) is 23.6 Å². The van der Waals surface area contributed by atoms with Crippen molar-refractivity contribution in [2.45, 2.75) is 6.92 Å². The van der Waals surface area contributed by atoms with Gasteiger partial charge in [-0.25, -0.2) is 4.98 Å². The second-order valence-electron chi connectivity index (χ2n) is 6.25. The van der Waals surface area contributed by atoms with Crippen LogP contribution in [-0.2, 0) is 0 Å². The topological polar surface area (TPSA) is 89.6 Å². The highest BCUT2D eigenvalue weighted by Crippen LogP contribution is 2.34. The molecular weight excluding hydrogens is 358 g/mol. The number of hydrogen-bond donors (Lipinski definition) is 2. The summed E-state index contributed by atoms with van der Waals surface area (Å²) in [5.41, 5.74) is 2.59. The molecule has 1 aliphatic rings. The lowest BCUT2D eigenvalue weighted by Gasteiger charge is -2.08. The van der Waals surface area contributed by atoms with Gasteiger partial charge in [0, 0.05) is 17.4 Å². The molecule has 0 atom stereocenters. The predicted octanol–water partition coefficient (Wildman–Crippen LogP) is 3.62. The molecule has 2 amide bonds. The Labute approximate surface area is 161 Å². The van der Waals surface area contributed by atoms with Gasteiger partial charge in [-0.15, -0.1) is 0 Å². The predicted molar refractivity (Wildman–Crippen MR) is 104 cm³/mol. The molecule has 1 aliphatic heterocycles. The lowest BCUT2D eigenvalue weighted by Crippen LogP contribution is -2.18. The van der Waals surface area contributed by atoms with Gasteiger partial charge in [0.05, 0.1) is 0 Å². The normalized spacial score (nSPS) is 11.8. The number of ether oxygens (including phenoxy) is 2. The monoisotopic (exact) mass is 375 g/mol. The Morgan fingerprint density at radius 3 is 2.14 bits per heavy atom. The number of rotatable bonds is 4. The van der Waals surface area contributed by atoms with E-state index in [0.29, 0.717) is 22.9 Å². The number of nitrogens with one attached hydrogen (secondary N) is 2. The van der Waals surface area contributed by atoms with Crippen LogP contribution in [0.5, 0.6) is 11.5 Å². The van der Waals surface area contributed by atoms with E-state index in [0.717, 1.165) is 5.56 Å². The van der Waals surface area contributed by atoms with Crippen molar-refractivity contribution in [3.63, 3.8) is 0 Å². The third-order valence-electron chi connectivity index (χ3n) is 4.15. The molecule has 0 aliphatic carbocycles. The number of nitrogens with zero attached hydrogens (tertiary/aromatic N) is 1. The van der Waals surface area contributed by atoms with Crippen LogP contribution in [0, 0.1) is 6.92 Å². The van der Waals surface area contributed by atoms with Crippen LogP contribution in [0.3, 0.4) is 0 Å². The molecule has 0 saturated carbocycles. The molecule has 0 saturated heterocycles. The zero-order valence-corrected chi connectivity index (χ0v) is 15.1. The average Bonchev–Trinajstić information content (AvgIpc) is 3.17. The molecule has 140 valence electrons. The van der Waals surface area contributed by atoms with Gasteiger partial charge in [-0.1, -0.05) is 23.8 Å². The zero-order valence-electron chi connectivity index (χ0n) is 15.1. The summed E-state index contributed by atoms with van der Waals surface area (Å²) in [5, 5.41) is 5.51. The molecule has 2 N–H and O–H groups in total. The molecule has 2 aromatic carbocycles. The van der Waals surface area contributed by atoms with Crippen molar-refractivity contribution in [1.82, 2.24) is 4.98 Å². The van der Waals surface area contributed by atoms with Gasteiger partial charge in [0.25, 0.3) is 11.8 Å². The minimum atomic E-state index is -0.427. The number of hydrogen-bond acceptors (Lipinski definition) is 5. The minimum absolute atomic E-state index is 0.134. The van der Waals surface area contributed by atoms with Crippen molar-refractivity contribution in [3.05, 3.63) is 77.6 Å². The molecule has 7 heteroatoms. The molecule has 0 unspecified atom stereocenters. The summed E-state index contributed by atoms with van der Waals surface area (Å²) >= 11 is 0. The number of fused-ring (bicyclic) bond motifs is 1. The first-order valence-electron chi connectivity index (χ1n) is 8.64. The molecule has 4 rings (SSSR count). The summed E-state index contributed by atoms with van der Waals surface area (Å²) in [6.07, 6.45) is 0. The highest BCUT2D eigenvalue weighted by atomic mass is 16.7. The lowest BCUT2D eigenvalue weighted by molar-refractivity contribution is 0.101. The van der Waals surface area contributed by atoms with Gasteiger partial charge >= 0.3 is 0 Å². The van der Waals surface area contributed by atoms with Crippen LogP contribution < -0.4 is 20.1 Å². The van der Waals surface area contributed by atoms with Crippen molar-refractivity contribution < 1.29 is 19.1 Å². The Kier molecular flexibility index (Phi) is 4.63. The van der Waals surface area contributed by atoms with Crippen LogP contribution in [0.15, 0.2) is 60.7 Å². The van der Waals surface area contributed by atoms with Crippen LogP contribution in [0.4, 0.5) is 11.4 Å². The number of amides is 2. The fourth-order valence-corrected chi connectivity index (χ4v) is 2.69. The van der Waals surface area contributed by atoms with Gasteiger partial charge in [-0.3, -0.25) is 9.59 Å². The lowest BCUT2D eigenvalue weighted by atomic mass is 10.2. The summed E-state index contributed by atoms with van der Waals surface area (Å²) in [6.45, 7) is 2.13. The van der Waals surface area contributed by atoms with Crippen LogP contribution in [0.2, 0.25) is 0 Å². The van der Waals surface area contributed by atoms with Crippen molar-refractivity contribution >= 4 is 23.2 Å². The minimum Gasteiger partial charge on any atom is -0.454 e. The Morgan fingerprint density at radius 2 is 1.43 bits per heavy atom. The van der Waals surface area contributed by atoms with E-state index >= 15 is 0 Å². The molecule has 2 heterocycles. The van der Waals surface area contributed by atoms with Crippen molar-refractivity contribution in [1.29, 1.82) is 0 Å². The first-order chi connectivity index (χ1) is 13.6. The number of aryl methyl sites for hydroxylation is 1. The number of benzene rings is 2. The SMILES string of the molecule is Cc1ccc(NC(=O)c2cccc(C(=O)Nc3ccc4c(c3)OCO4)n2)cc1. The molecule has 1 aromatic heterocycles. The van der Waals surface area contributed by atoms with Crippen LogP contribution in [0.1, 0.15) is 26.5 Å². The number of pyridine rings is 1. The Morgan fingerprint density at radius 1 is 0.821 bits per heavy atom.